The third-order valence-corrected chi connectivity index (χ3v) is 4.52. The van der Waals surface area contributed by atoms with Crippen LogP contribution in [0.15, 0.2) is 17.3 Å². The Labute approximate surface area is 140 Å². The van der Waals surface area contributed by atoms with Gasteiger partial charge < -0.3 is 15.5 Å². The molecule has 130 valence electrons. The van der Waals surface area contributed by atoms with Crippen LogP contribution in [-0.4, -0.2) is 52.9 Å². The molecule has 0 saturated carbocycles. The molecule has 0 radical (unpaired) electrons. The fraction of sp³-hybridized carbons (Fsp3) is 0.765. The normalized spacial score (nSPS) is 19.8. The number of piperidine rings is 1. The van der Waals surface area contributed by atoms with Crippen LogP contribution in [0.3, 0.4) is 0 Å². The molecule has 1 saturated heterocycles. The monoisotopic (exact) mass is 320 g/mol. The molecule has 23 heavy (non-hydrogen) atoms. The van der Waals surface area contributed by atoms with E-state index in [0.29, 0.717) is 6.54 Å². The Morgan fingerprint density at radius 3 is 2.96 bits per heavy atom. The average molecular weight is 320 g/mol. The van der Waals surface area contributed by atoms with Crippen molar-refractivity contribution in [2.45, 2.75) is 52.1 Å². The number of guanidine groups is 1. The van der Waals surface area contributed by atoms with Crippen LogP contribution in [0.2, 0.25) is 0 Å². The van der Waals surface area contributed by atoms with E-state index in [1.54, 1.807) is 0 Å². The van der Waals surface area contributed by atoms with E-state index in [1.807, 2.05) is 24.0 Å². The first-order chi connectivity index (χ1) is 11.2. The van der Waals surface area contributed by atoms with Crippen LogP contribution >= 0.6 is 0 Å². The standard InChI is InChI=1S/C17H32N6/c1-4-18-17(20-14-16-9-11-21-22(16)3)19-10-7-13-23-12-6-5-8-15(23)2/h9,11,15H,4-8,10,12-14H2,1-3H3,(H2,18,19,20). The molecule has 1 atom stereocenters. The summed E-state index contributed by atoms with van der Waals surface area (Å²) in [6, 6.07) is 2.75. The predicted molar refractivity (Wildman–Crippen MR) is 95.5 cm³/mol. The molecule has 0 bridgehead atoms. The number of likely N-dealkylation sites (tertiary alicyclic amines) is 1. The van der Waals surface area contributed by atoms with E-state index < -0.39 is 0 Å². The number of aliphatic imine (C=N–C) groups is 1. The van der Waals surface area contributed by atoms with Crippen molar-refractivity contribution in [3.8, 4) is 0 Å². The Balaban J connectivity index is 1.72. The van der Waals surface area contributed by atoms with Crippen LogP contribution in [0.4, 0.5) is 0 Å². The van der Waals surface area contributed by atoms with E-state index in [-0.39, 0.29) is 0 Å². The molecule has 2 rings (SSSR count). The van der Waals surface area contributed by atoms with Crippen LogP contribution in [0.1, 0.15) is 45.2 Å². The number of hydrogen-bond donors (Lipinski definition) is 2. The molecule has 1 aliphatic heterocycles. The van der Waals surface area contributed by atoms with Crippen molar-refractivity contribution in [2.24, 2.45) is 12.0 Å². The highest BCUT2D eigenvalue weighted by Crippen LogP contribution is 2.15. The molecule has 0 amide bonds. The zero-order chi connectivity index (χ0) is 16.5. The fourth-order valence-corrected chi connectivity index (χ4v) is 3.04. The van der Waals surface area contributed by atoms with Crippen molar-refractivity contribution < 1.29 is 0 Å². The number of rotatable bonds is 7. The maximum Gasteiger partial charge on any atom is 0.191 e. The molecule has 0 aliphatic carbocycles. The van der Waals surface area contributed by atoms with Crippen molar-refractivity contribution in [3.05, 3.63) is 18.0 Å². The molecule has 2 N–H and O–H groups in total. The van der Waals surface area contributed by atoms with Gasteiger partial charge in [0.15, 0.2) is 5.96 Å². The van der Waals surface area contributed by atoms with Gasteiger partial charge in [0.25, 0.3) is 0 Å². The van der Waals surface area contributed by atoms with Gasteiger partial charge in [-0.3, -0.25) is 4.68 Å². The average Bonchev–Trinajstić information content (AvgIpc) is 2.96. The van der Waals surface area contributed by atoms with Gasteiger partial charge in [0.1, 0.15) is 0 Å². The lowest BCUT2D eigenvalue weighted by molar-refractivity contribution is 0.159. The third-order valence-electron chi connectivity index (χ3n) is 4.52. The Kier molecular flexibility index (Phi) is 7.39. The van der Waals surface area contributed by atoms with Crippen LogP contribution < -0.4 is 10.6 Å². The van der Waals surface area contributed by atoms with E-state index in [4.69, 9.17) is 0 Å². The molecule has 1 fully saturated rings. The first kappa shape index (κ1) is 17.8. The quantitative estimate of drug-likeness (QED) is 0.456. The first-order valence-electron chi connectivity index (χ1n) is 8.93. The molecule has 1 aromatic heterocycles. The highest BCUT2D eigenvalue weighted by Gasteiger charge is 2.17. The molecule has 2 heterocycles. The van der Waals surface area contributed by atoms with E-state index in [2.05, 4.69) is 39.5 Å². The third kappa shape index (κ3) is 5.86. The van der Waals surface area contributed by atoms with Gasteiger partial charge in [-0.25, -0.2) is 4.99 Å². The molecule has 6 heteroatoms. The summed E-state index contributed by atoms with van der Waals surface area (Å²) >= 11 is 0. The summed E-state index contributed by atoms with van der Waals surface area (Å²) < 4.78 is 1.87. The van der Waals surface area contributed by atoms with Gasteiger partial charge in [-0.15, -0.1) is 0 Å². The Morgan fingerprint density at radius 1 is 1.39 bits per heavy atom. The first-order valence-corrected chi connectivity index (χ1v) is 8.93. The smallest absolute Gasteiger partial charge is 0.191 e. The van der Waals surface area contributed by atoms with Crippen molar-refractivity contribution in [2.75, 3.05) is 26.2 Å². The number of aryl methyl sites for hydroxylation is 1. The molecule has 0 aromatic carbocycles. The summed E-state index contributed by atoms with van der Waals surface area (Å²) in [7, 11) is 1.95. The summed E-state index contributed by atoms with van der Waals surface area (Å²) in [5, 5.41) is 10.9. The predicted octanol–water partition coefficient (Wildman–Crippen LogP) is 1.74. The Morgan fingerprint density at radius 2 is 2.26 bits per heavy atom. The highest BCUT2D eigenvalue weighted by molar-refractivity contribution is 5.79. The lowest BCUT2D eigenvalue weighted by Gasteiger charge is -2.33. The molecule has 1 aromatic rings. The lowest BCUT2D eigenvalue weighted by atomic mass is 10.0. The minimum absolute atomic E-state index is 0.648. The van der Waals surface area contributed by atoms with Crippen LogP contribution in [0.25, 0.3) is 0 Å². The molecule has 1 unspecified atom stereocenters. The lowest BCUT2D eigenvalue weighted by Crippen LogP contribution is -2.41. The molecule has 0 spiro atoms. The maximum atomic E-state index is 4.64. The second-order valence-electron chi connectivity index (χ2n) is 6.30. The van der Waals surface area contributed by atoms with Gasteiger partial charge >= 0.3 is 0 Å². The molecule has 1 aliphatic rings. The Hall–Kier alpha value is -1.56. The topological polar surface area (TPSA) is 57.5 Å². The zero-order valence-corrected chi connectivity index (χ0v) is 14.9. The van der Waals surface area contributed by atoms with E-state index in [1.165, 1.54) is 32.4 Å². The second kappa shape index (κ2) is 9.55. The van der Waals surface area contributed by atoms with Crippen molar-refractivity contribution in [3.63, 3.8) is 0 Å². The highest BCUT2D eigenvalue weighted by atomic mass is 15.3. The molecular formula is C17H32N6. The fourth-order valence-electron chi connectivity index (χ4n) is 3.04. The van der Waals surface area contributed by atoms with Crippen LogP contribution in [0.5, 0.6) is 0 Å². The number of nitrogens with one attached hydrogen (secondary N) is 2. The molecule has 6 nitrogen and oxygen atoms in total. The summed E-state index contributed by atoms with van der Waals surface area (Å²) in [6.45, 7) is 9.36. The van der Waals surface area contributed by atoms with E-state index in [9.17, 15) is 0 Å². The molecular weight excluding hydrogens is 288 g/mol. The van der Waals surface area contributed by atoms with Gasteiger partial charge in [0.05, 0.1) is 12.2 Å². The Bertz CT molecular complexity index is 481. The number of aromatic nitrogens is 2. The van der Waals surface area contributed by atoms with Gasteiger partial charge in [0.2, 0.25) is 0 Å². The van der Waals surface area contributed by atoms with Crippen molar-refractivity contribution in [1.29, 1.82) is 0 Å². The van der Waals surface area contributed by atoms with Crippen LogP contribution in [0, 0.1) is 0 Å². The van der Waals surface area contributed by atoms with Crippen LogP contribution in [-0.2, 0) is 13.6 Å². The van der Waals surface area contributed by atoms with Gasteiger partial charge in [0, 0.05) is 38.9 Å². The van der Waals surface area contributed by atoms with E-state index >= 15 is 0 Å². The maximum absolute atomic E-state index is 4.64. The van der Waals surface area contributed by atoms with Gasteiger partial charge in [-0.05, 0) is 45.7 Å². The summed E-state index contributed by atoms with van der Waals surface area (Å²) in [4.78, 5) is 7.25. The SMILES string of the molecule is CCNC(=NCc1ccnn1C)NCCCN1CCCCC1C. The number of hydrogen-bond acceptors (Lipinski definition) is 3. The largest absolute Gasteiger partial charge is 0.357 e. The second-order valence-corrected chi connectivity index (χ2v) is 6.30. The van der Waals surface area contributed by atoms with Gasteiger partial charge in [-0.2, -0.15) is 5.10 Å². The number of nitrogens with zero attached hydrogens (tertiary/aromatic N) is 4. The van der Waals surface area contributed by atoms with Crippen molar-refractivity contribution >= 4 is 5.96 Å². The zero-order valence-electron chi connectivity index (χ0n) is 14.9. The summed E-state index contributed by atoms with van der Waals surface area (Å²) in [6.07, 6.45) is 7.06. The minimum atomic E-state index is 0.648. The van der Waals surface area contributed by atoms with E-state index in [0.717, 1.165) is 37.2 Å². The van der Waals surface area contributed by atoms with Gasteiger partial charge in [-0.1, -0.05) is 6.42 Å². The summed E-state index contributed by atoms with van der Waals surface area (Å²) in [5.74, 6) is 0.889. The summed E-state index contributed by atoms with van der Waals surface area (Å²) in [5.41, 5.74) is 1.12. The minimum Gasteiger partial charge on any atom is -0.357 e. The van der Waals surface area contributed by atoms with Crippen molar-refractivity contribution in [1.82, 2.24) is 25.3 Å².